The van der Waals surface area contributed by atoms with Gasteiger partial charge in [-0.3, -0.25) is 9.59 Å². The first kappa shape index (κ1) is 30.6. The Morgan fingerprint density at radius 1 is 1.24 bits per heavy atom. The Morgan fingerprint density at radius 2 is 1.94 bits per heavy atom. The molecule has 0 aromatic carbocycles. The molecule has 1 aliphatic heterocycles. The number of nitrogens with zero attached hydrogens (tertiary/aromatic N) is 1. The van der Waals surface area contributed by atoms with Crippen LogP contribution in [-0.2, 0) is 14.3 Å². The van der Waals surface area contributed by atoms with Crippen molar-refractivity contribution in [3.05, 3.63) is 28.3 Å². The highest BCUT2D eigenvalue weighted by Crippen LogP contribution is 2.25. The molecular weight excluding hydrogens is 466 g/mol. The zero-order valence-electron chi connectivity index (χ0n) is 21.9. The third-order valence-corrected chi connectivity index (χ3v) is 7.96. The van der Waals surface area contributed by atoms with Gasteiger partial charge in [0.15, 0.2) is 0 Å². The molecule has 34 heavy (non-hydrogen) atoms. The molecule has 0 aliphatic carbocycles. The van der Waals surface area contributed by atoms with Crippen LogP contribution in [0.3, 0.4) is 0 Å². The number of hydrogen-bond donors (Lipinski definition) is 1. The van der Waals surface area contributed by atoms with E-state index in [0.29, 0.717) is 19.3 Å². The third-order valence-electron chi connectivity index (χ3n) is 6.08. The Balaban J connectivity index is 0.00000281. The lowest BCUT2D eigenvalue weighted by atomic mass is 9.86. The number of Topliss-reactive ketones (excluding diaryl/α,β-unsaturated/α-hetero) is 1. The number of aliphatic hydroxyl groups excluding tert-OH is 1. The molecule has 7 heteroatoms. The summed E-state index contributed by atoms with van der Waals surface area (Å²) >= 11 is 3.22. The van der Waals surface area contributed by atoms with Gasteiger partial charge in [0.25, 0.3) is 0 Å². The second kappa shape index (κ2) is 16.3. The fraction of sp³-hybridized carbons (Fsp3) is 0.667. The molecule has 0 spiro atoms. The number of thiazole rings is 1. The van der Waals surface area contributed by atoms with Gasteiger partial charge in [-0.05, 0) is 57.4 Å². The molecule has 0 radical (unpaired) electrons. The SMILES string of the molecule is CC.CSc1nc(/C=C(\C)C2C/C(C)=C\CCCCC(O)[C@@H](C)C(=O)C(C)CCC(=O)O2)cs1. The average molecular weight is 510 g/mol. The molecule has 0 bridgehead atoms. The first-order chi connectivity index (χ1) is 16.2. The van der Waals surface area contributed by atoms with Crippen LogP contribution >= 0.6 is 23.1 Å². The monoisotopic (exact) mass is 509 g/mol. The molecule has 2 rings (SSSR count). The smallest absolute Gasteiger partial charge is 0.306 e. The predicted molar refractivity (Wildman–Crippen MR) is 144 cm³/mol. The van der Waals surface area contributed by atoms with E-state index in [-0.39, 0.29) is 30.2 Å². The van der Waals surface area contributed by atoms with Gasteiger partial charge < -0.3 is 9.84 Å². The van der Waals surface area contributed by atoms with Crippen LogP contribution in [0.5, 0.6) is 0 Å². The van der Waals surface area contributed by atoms with Crippen LogP contribution in [-0.4, -0.2) is 40.3 Å². The highest BCUT2D eigenvalue weighted by Gasteiger charge is 2.27. The second-order valence-corrected chi connectivity index (χ2v) is 10.8. The number of hydrogen-bond acceptors (Lipinski definition) is 7. The van der Waals surface area contributed by atoms with Crippen molar-refractivity contribution in [1.82, 2.24) is 4.98 Å². The summed E-state index contributed by atoms with van der Waals surface area (Å²) in [5.41, 5.74) is 3.03. The molecule has 1 aromatic heterocycles. The summed E-state index contributed by atoms with van der Waals surface area (Å²) in [5.74, 6) is -0.960. The van der Waals surface area contributed by atoms with E-state index < -0.39 is 12.0 Å². The maximum Gasteiger partial charge on any atom is 0.306 e. The lowest BCUT2D eigenvalue weighted by Gasteiger charge is -2.23. The summed E-state index contributed by atoms with van der Waals surface area (Å²) in [5, 5.41) is 12.4. The van der Waals surface area contributed by atoms with Crippen LogP contribution in [0.25, 0.3) is 6.08 Å². The molecule has 3 unspecified atom stereocenters. The van der Waals surface area contributed by atoms with E-state index in [1.807, 2.05) is 45.4 Å². The highest BCUT2D eigenvalue weighted by molar-refractivity contribution is 8.00. The first-order valence-corrected chi connectivity index (χ1v) is 14.6. The number of ketones is 1. The van der Waals surface area contributed by atoms with Crippen molar-refractivity contribution in [1.29, 1.82) is 0 Å². The average Bonchev–Trinajstić information content (AvgIpc) is 3.28. The minimum atomic E-state index is -0.621. The quantitative estimate of drug-likeness (QED) is 0.266. The standard InChI is InChI=1S/C25H37NO4S2.C2H6/c1-16-9-7-6-8-10-21(27)19(4)24(29)17(2)11-12-23(28)30-22(13-16)18(3)14-20-15-32-25(26-20)31-5;1-2/h9,14-15,17,19,21-22,27H,6-8,10-13H2,1-5H3;1-2H3/b16-9-,18-14+;/t17?,19-,21?,22?;/m1./s1. The van der Waals surface area contributed by atoms with Crippen LogP contribution in [0.1, 0.15) is 92.2 Å². The van der Waals surface area contributed by atoms with E-state index in [1.165, 1.54) is 5.57 Å². The summed E-state index contributed by atoms with van der Waals surface area (Å²) in [4.78, 5) is 29.9. The van der Waals surface area contributed by atoms with Gasteiger partial charge in [-0.2, -0.15) is 0 Å². The minimum absolute atomic E-state index is 0.0221. The molecular formula is C27H43NO4S2. The van der Waals surface area contributed by atoms with Gasteiger partial charge in [0.1, 0.15) is 16.2 Å². The van der Waals surface area contributed by atoms with Crippen molar-refractivity contribution in [2.45, 2.75) is 103 Å². The first-order valence-electron chi connectivity index (χ1n) is 12.5. The van der Waals surface area contributed by atoms with Crippen molar-refractivity contribution < 1.29 is 19.4 Å². The molecule has 1 aliphatic rings. The van der Waals surface area contributed by atoms with Gasteiger partial charge in [-0.15, -0.1) is 11.3 Å². The van der Waals surface area contributed by atoms with Crippen molar-refractivity contribution in [2.75, 3.05) is 6.26 Å². The van der Waals surface area contributed by atoms with E-state index in [1.54, 1.807) is 30.0 Å². The van der Waals surface area contributed by atoms with Crippen molar-refractivity contribution in [2.24, 2.45) is 11.8 Å². The fourth-order valence-electron chi connectivity index (χ4n) is 3.86. The lowest BCUT2D eigenvalue weighted by molar-refractivity contribution is -0.147. The predicted octanol–water partition coefficient (Wildman–Crippen LogP) is 7.10. The molecule has 0 amide bonds. The number of esters is 1. The minimum Gasteiger partial charge on any atom is -0.457 e. The zero-order chi connectivity index (χ0) is 25.7. The van der Waals surface area contributed by atoms with Crippen molar-refractivity contribution in [3.63, 3.8) is 0 Å². The molecule has 2 heterocycles. The number of thioether (sulfide) groups is 1. The lowest BCUT2D eigenvalue weighted by Crippen LogP contribution is -2.30. The van der Waals surface area contributed by atoms with Crippen LogP contribution in [0.4, 0.5) is 0 Å². The molecule has 192 valence electrons. The largest absolute Gasteiger partial charge is 0.457 e. The van der Waals surface area contributed by atoms with Gasteiger partial charge >= 0.3 is 5.97 Å². The number of rotatable bonds is 3. The summed E-state index contributed by atoms with van der Waals surface area (Å²) < 4.78 is 6.89. The maximum absolute atomic E-state index is 12.7. The molecule has 4 atom stereocenters. The Labute approximate surface area is 214 Å². The molecule has 0 saturated carbocycles. The van der Waals surface area contributed by atoms with Gasteiger partial charge in [0, 0.05) is 30.1 Å². The van der Waals surface area contributed by atoms with Crippen LogP contribution < -0.4 is 0 Å². The highest BCUT2D eigenvalue weighted by atomic mass is 32.2. The van der Waals surface area contributed by atoms with Crippen LogP contribution in [0.2, 0.25) is 0 Å². The van der Waals surface area contributed by atoms with E-state index in [2.05, 4.69) is 18.0 Å². The van der Waals surface area contributed by atoms with Crippen LogP contribution in [0, 0.1) is 11.8 Å². The Kier molecular flexibility index (Phi) is 14.6. The number of aromatic nitrogens is 1. The van der Waals surface area contributed by atoms with Crippen molar-refractivity contribution >= 4 is 40.9 Å². The number of aliphatic hydroxyl groups is 1. The van der Waals surface area contributed by atoms with Gasteiger partial charge in [-0.1, -0.05) is 57.5 Å². The normalized spacial score (nSPS) is 27.8. The summed E-state index contributed by atoms with van der Waals surface area (Å²) in [6.45, 7) is 11.7. The summed E-state index contributed by atoms with van der Waals surface area (Å²) in [6, 6.07) is 0. The van der Waals surface area contributed by atoms with Crippen molar-refractivity contribution in [3.8, 4) is 0 Å². The number of carbonyl (C=O) groups is 2. The van der Waals surface area contributed by atoms with Gasteiger partial charge in [0.05, 0.1) is 11.8 Å². The maximum atomic E-state index is 12.7. The number of ether oxygens (including phenoxy) is 1. The van der Waals surface area contributed by atoms with E-state index in [0.717, 1.165) is 34.9 Å². The molecule has 0 saturated heterocycles. The van der Waals surface area contributed by atoms with E-state index >= 15 is 0 Å². The molecule has 1 aromatic rings. The zero-order valence-corrected chi connectivity index (χ0v) is 23.6. The topological polar surface area (TPSA) is 76.5 Å². The van der Waals surface area contributed by atoms with E-state index in [4.69, 9.17) is 4.74 Å². The van der Waals surface area contributed by atoms with E-state index in [9.17, 15) is 14.7 Å². The molecule has 0 fully saturated rings. The Bertz CT molecular complexity index is 830. The Morgan fingerprint density at radius 3 is 2.59 bits per heavy atom. The van der Waals surface area contributed by atoms with Gasteiger partial charge in [0.2, 0.25) is 0 Å². The number of cyclic esters (lactones) is 1. The second-order valence-electron chi connectivity index (χ2n) is 8.85. The molecule has 5 nitrogen and oxygen atoms in total. The summed E-state index contributed by atoms with van der Waals surface area (Å²) in [6.07, 6.45) is 9.86. The van der Waals surface area contributed by atoms with Crippen LogP contribution in [0.15, 0.2) is 26.9 Å². The molecule has 1 N–H and O–H groups in total. The Hall–Kier alpha value is -1.44. The van der Waals surface area contributed by atoms with Gasteiger partial charge in [-0.25, -0.2) is 4.98 Å². The fourth-order valence-corrected chi connectivity index (χ4v) is 5.08. The number of carbonyl (C=O) groups excluding carboxylic acids is 2. The summed E-state index contributed by atoms with van der Waals surface area (Å²) in [7, 11) is 0. The number of allylic oxidation sites excluding steroid dienone is 1. The third kappa shape index (κ3) is 10.4.